The van der Waals surface area contributed by atoms with Crippen LogP contribution >= 0.6 is 22.6 Å². The Morgan fingerprint density at radius 2 is 1.41 bits per heavy atom. The van der Waals surface area contributed by atoms with Crippen molar-refractivity contribution in [2.24, 2.45) is 0 Å². The van der Waals surface area contributed by atoms with E-state index in [-0.39, 0.29) is 9.79 Å². The minimum atomic E-state index is -3.71. The number of hydrogen-bond acceptors (Lipinski definition) is 3. The molecule has 4 aromatic carbocycles. The van der Waals surface area contributed by atoms with E-state index in [0.717, 1.165) is 25.1 Å². The van der Waals surface area contributed by atoms with Gasteiger partial charge in [-0.05, 0) is 57.6 Å². The molecule has 0 aliphatic rings. The molecule has 27 heavy (non-hydrogen) atoms. The van der Waals surface area contributed by atoms with Gasteiger partial charge in [0, 0.05) is 10.8 Å². The Labute approximate surface area is 169 Å². The Morgan fingerprint density at radius 1 is 0.704 bits per heavy atom. The monoisotopic (exact) mass is 484 g/mol. The van der Waals surface area contributed by atoms with Crippen molar-refractivity contribution in [2.75, 3.05) is 0 Å². The second kappa shape index (κ2) is 6.07. The first-order chi connectivity index (χ1) is 13.1. The quantitative estimate of drug-likeness (QED) is 0.282. The molecule has 0 radical (unpaired) electrons. The van der Waals surface area contributed by atoms with Gasteiger partial charge in [-0.25, -0.2) is 8.42 Å². The summed E-state index contributed by atoms with van der Waals surface area (Å²) in [5.74, 6) is 0. The van der Waals surface area contributed by atoms with Crippen LogP contribution in [0.5, 0.6) is 0 Å². The van der Waals surface area contributed by atoms with Gasteiger partial charge < -0.3 is 4.42 Å². The van der Waals surface area contributed by atoms with Gasteiger partial charge in [0.25, 0.3) is 0 Å². The number of fused-ring (bicyclic) bond motifs is 4. The van der Waals surface area contributed by atoms with Gasteiger partial charge in [0.05, 0.1) is 8.47 Å². The van der Waals surface area contributed by atoms with Crippen molar-refractivity contribution < 1.29 is 12.8 Å². The molecule has 5 heteroatoms. The van der Waals surface area contributed by atoms with Crippen LogP contribution in [0.2, 0.25) is 0 Å². The lowest BCUT2D eigenvalue weighted by Crippen LogP contribution is -2.02. The first-order valence-electron chi connectivity index (χ1n) is 8.39. The zero-order valence-corrected chi connectivity index (χ0v) is 17.0. The normalized spacial score (nSPS) is 12.2. The zero-order chi connectivity index (χ0) is 18.6. The van der Waals surface area contributed by atoms with Crippen molar-refractivity contribution in [3.8, 4) is 0 Å². The van der Waals surface area contributed by atoms with Gasteiger partial charge in [-0.2, -0.15) is 0 Å². The van der Waals surface area contributed by atoms with Crippen LogP contribution in [0.15, 0.2) is 93.1 Å². The number of benzene rings is 4. The topological polar surface area (TPSA) is 47.3 Å². The highest BCUT2D eigenvalue weighted by molar-refractivity contribution is 14.1. The van der Waals surface area contributed by atoms with Crippen LogP contribution in [0, 0.1) is 3.57 Å². The molecule has 1 heterocycles. The van der Waals surface area contributed by atoms with Crippen LogP contribution in [-0.4, -0.2) is 8.42 Å². The molecule has 0 saturated carbocycles. The number of para-hydroxylation sites is 2. The summed E-state index contributed by atoms with van der Waals surface area (Å²) < 4.78 is 33.8. The van der Waals surface area contributed by atoms with Crippen LogP contribution in [-0.2, 0) is 9.84 Å². The van der Waals surface area contributed by atoms with E-state index in [1.54, 1.807) is 24.3 Å². The first kappa shape index (κ1) is 16.8. The van der Waals surface area contributed by atoms with E-state index >= 15 is 0 Å². The molecular formula is C22H13IO3S. The Hall–Kier alpha value is -2.38. The third-order valence-corrected chi connectivity index (χ3v) is 7.39. The molecule has 0 bridgehead atoms. The van der Waals surface area contributed by atoms with Crippen LogP contribution in [0.25, 0.3) is 32.7 Å². The Kier molecular flexibility index (Phi) is 3.77. The molecule has 0 aliphatic carbocycles. The Bertz CT molecular complexity index is 1450. The maximum Gasteiger partial charge on any atom is 0.210 e. The Balaban J connectivity index is 1.80. The summed E-state index contributed by atoms with van der Waals surface area (Å²) in [5, 5.41) is 3.63. The number of furan rings is 1. The lowest BCUT2D eigenvalue weighted by atomic mass is 10.1. The standard InChI is InChI=1S/C22H13IO3S/c23-19-9-3-7-17-18-8-4-10-20(22(18)26-21(17)19)27(24,25)16-12-11-14-5-1-2-6-15(14)13-16/h1-13H. The van der Waals surface area contributed by atoms with Crippen molar-refractivity contribution in [1.29, 1.82) is 0 Å². The van der Waals surface area contributed by atoms with Crippen molar-refractivity contribution in [1.82, 2.24) is 0 Å². The highest BCUT2D eigenvalue weighted by Crippen LogP contribution is 2.37. The SMILES string of the molecule is O=S(=O)(c1ccc2ccccc2c1)c1cccc2c1oc1c(I)cccc12. The van der Waals surface area contributed by atoms with E-state index in [9.17, 15) is 8.42 Å². The molecule has 0 atom stereocenters. The highest BCUT2D eigenvalue weighted by atomic mass is 127. The predicted octanol–water partition coefficient (Wildman–Crippen LogP) is 6.18. The lowest BCUT2D eigenvalue weighted by Gasteiger charge is -2.07. The van der Waals surface area contributed by atoms with Crippen molar-refractivity contribution in [3.05, 3.63) is 82.4 Å². The summed E-state index contributed by atoms with van der Waals surface area (Å²) in [4.78, 5) is 0.464. The molecule has 5 rings (SSSR count). The third-order valence-electron chi connectivity index (χ3n) is 4.76. The van der Waals surface area contributed by atoms with Crippen LogP contribution in [0.3, 0.4) is 0 Å². The maximum atomic E-state index is 13.4. The van der Waals surface area contributed by atoms with E-state index in [2.05, 4.69) is 22.6 Å². The molecule has 0 spiro atoms. The predicted molar refractivity (Wildman–Crippen MR) is 116 cm³/mol. The lowest BCUT2D eigenvalue weighted by molar-refractivity contribution is 0.592. The molecule has 1 aromatic heterocycles. The summed E-state index contributed by atoms with van der Waals surface area (Å²) in [6, 6.07) is 24.1. The van der Waals surface area contributed by atoms with Crippen LogP contribution < -0.4 is 0 Å². The second-order valence-corrected chi connectivity index (χ2v) is 9.44. The van der Waals surface area contributed by atoms with Crippen LogP contribution in [0.4, 0.5) is 0 Å². The minimum absolute atomic E-state index is 0.197. The number of sulfone groups is 1. The Morgan fingerprint density at radius 3 is 2.22 bits per heavy atom. The number of rotatable bonds is 2. The fourth-order valence-electron chi connectivity index (χ4n) is 3.43. The first-order valence-corrected chi connectivity index (χ1v) is 11.0. The molecule has 0 aliphatic heterocycles. The van der Waals surface area contributed by atoms with Gasteiger partial charge in [-0.3, -0.25) is 0 Å². The summed E-state index contributed by atoms with van der Waals surface area (Å²) in [6.45, 7) is 0. The van der Waals surface area contributed by atoms with Crippen molar-refractivity contribution >= 4 is 65.1 Å². The van der Waals surface area contributed by atoms with Crippen molar-refractivity contribution in [3.63, 3.8) is 0 Å². The fraction of sp³-hybridized carbons (Fsp3) is 0. The summed E-state index contributed by atoms with van der Waals surface area (Å²) in [7, 11) is -3.71. The molecule has 0 N–H and O–H groups in total. The average molecular weight is 484 g/mol. The van der Waals surface area contributed by atoms with E-state index in [1.165, 1.54) is 0 Å². The highest BCUT2D eigenvalue weighted by Gasteiger charge is 2.24. The zero-order valence-electron chi connectivity index (χ0n) is 14.0. The molecule has 0 unspecified atom stereocenters. The van der Waals surface area contributed by atoms with Gasteiger partial charge in [-0.1, -0.05) is 54.6 Å². The number of halogens is 1. The van der Waals surface area contributed by atoms with Gasteiger partial charge in [0.1, 0.15) is 10.5 Å². The average Bonchev–Trinajstić information content (AvgIpc) is 3.08. The summed E-state index contributed by atoms with van der Waals surface area (Å²) in [5.41, 5.74) is 1.12. The van der Waals surface area contributed by atoms with Crippen molar-refractivity contribution in [2.45, 2.75) is 9.79 Å². The van der Waals surface area contributed by atoms with Gasteiger partial charge in [-0.15, -0.1) is 0 Å². The molecule has 3 nitrogen and oxygen atoms in total. The molecule has 5 aromatic rings. The summed E-state index contributed by atoms with van der Waals surface area (Å²) >= 11 is 2.20. The van der Waals surface area contributed by atoms with E-state index < -0.39 is 9.84 Å². The van der Waals surface area contributed by atoms with E-state index in [1.807, 2.05) is 54.6 Å². The summed E-state index contributed by atoms with van der Waals surface area (Å²) in [6.07, 6.45) is 0. The third kappa shape index (κ3) is 2.56. The molecular weight excluding hydrogens is 471 g/mol. The fourth-order valence-corrected chi connectivity index (χ4v) is 5.48. The molecule has 132 valence electrons. The molecule has 0 amide bonds. The van der Waals surface area contributed by atoms with E-state index in [0.29, 0.717) is 11.2 Å². The van der Waals surface area contributed by atoms with Gasteiger partial charge in [0.2, 0.25) is 9.84 Å². The van der Waals surface area contributed by atoms with Gasteiger partial charge >= 0.3 is 0 Å². The second-order valence-electron chi connectivity index (χ2n) is 6.36. The minimum Gasteiger partial charge on any atom is -0.454 e. The van der Waals surface area contributed by atoms with Crippen LogP contribution in [0.1, 0.15) is 0 Å². The smallest absolute Gasteiger partial charge is 0.210 e. The molecule has 0 fully saturated rings. The maximum absolute atomic E-state index is 13.4. The van der Waals surface area contributed by atoms with Gasteiger partial charge in [0.15, 0.2) is 5.58 Å². The van der Waals surface area contributed by atoms with E-state index in [4.69, 9.17) is 4.42 Å². The number of hydrogen-bond donors (Lipinski definition) is 0. The largest absolute Gasteiger partial charge is 0.454 e. The molecule has 0 saturated heterocycles.